The summed E-state index contributed by atoms with van der Waals surface area (Å²) in [6, 6.07) is 4.60. The van der Waals surface area contributed by atoms with E-state index in [1.165, 1.54) is 19.9 Å². The van der Waals surface area contributed by atoms with E-state index in [2.05, 4.69) is 21.2 Å². The Labute approximate surface area is 115 Å². The van der Waals surface area contributed by atoms with Crippen LogP contribution in [0.3, 0.4) is 0 Å². The van der Waals surface area contributed by atoms with Gasteiger partial charge in [-0.2, -0.15) is 0 Å². The van der Waals surface area contributed by atoms with Crippen molar-refractivity contribution in [3.05, 3.63) is 34.1 Å². The molecule has 0 saturated heterocycles. The number of carbonyl (C=O) groups excluding carboxylic acids is 1. The Bertz CT molecular complexity index is 443. The van der Waals surface area contributed by atoms with Crippen LogP contribution in [-0.2, 0) is 11.2 Å². The van der Waals surface area contributed by atoms with Gasteiger partial charge in [0.1, 0.15) is 11.4 Å². The molecule has 0 radical (unpaired) electrons. The quantitative estimate of drug-likeness (QED) is 0.896. The molecule has 2 N–H and O–H groups in total. The van der Waals surface area contributed by atoms with Crippen LogP contribution in [0.1, 0.15) is 26.3 Å². The maximum Gasteiger partial charge on any atom is 0.251 e. The average Bonchev–Trinajstić information content (AvgIpc) is 2.22. The van der Waals surface area contributed by atoms with E-state index in [0.717, 1.165) is 5.56 Å². The first-order valence-electron chi connectivity index (χ1n) is 5.67. The zero-order chi connectivity index (χ0) is 13.9. The Morgan fingerprint density at radius 3 is 2.67 bits per heavy atom. The summed E-state index contributed by atoms with van der Waals surface area (Å²) in [5, 5.41) is 12.2. The molecule has 1 atom stereocenters. The molecule has 0 aromatic heterocycles. The SMILES string of the molecule is CC(Cc1ccc(F)c(Br)c1)NC(=O)C(C)(C)O. The Kier molecular flexibility index (Phi) is 4.87. The maximum atomic E-state index is 13.1. The highest BCUT2D eigenvalue weighted by Crippen LogP contribution is 2.17. The second-order valence-corrected chi connectivity index (χ2v) is 5.74. The fourth-order valence-corrected chi connectivity index (χ4v) is 1.90. The molecule has 0 aliphatic rings. The molecule has 0 bridgehead atoms. The van der Waals surface area contributed by atoms with E-state index in [9.17, 15) is 14.3 Å². The smallest absolute Gasteiger partial charge is 0.251 e. The molecular weight excluding hydrogens is 301 g/mol. The molecule has 0 saturated carbocycles. The van der Waals surface area contributed by atoms with Gasteiger partial charge in [-0.25, -0.2) is 4.39 Å². The first-order valence-corrected chi connectivity index (χ1v) is 6.46. The van der Waals surface area contributed by atoms with Crippen molar-refractivity contribution in [2.45, 2.75) is 38.8 Å². The van der Waals surface area contributed by atoms with E-state index in [1.807, 2.05) is 6.92 Å². The highest BCUT2D eigenvalue weighted by molar-refractivity contribution is 9.10. The van der Waals surface area contributed by atoms with Crippen LogP contribution >= 0.6 is 15.9 Å². The maximum absolute atomic E-state index is 13.1. The van der Waals surface area contributed by atoms with Crippen LogP contribution in [0.2, 0.25) is 0 Å². The van der Waals surface area contributed by atoms with Gasteiger partial charge in [0.2, 0.25) is 0 Å². The summed E-state index contributed by atoms with van der Waals surface area (Å²) in [6.07, 6.45) is 0.570. The number of benzene rings is 1. The summed E-state index contributed by atoms with van der Waals surface area (Å²) in [6.45, 7) is 4.70. The lowest BCUT2D eigenvalue weighted by molar-refractivity contribution is -0.137. The number of aliphatic hydroxyl groups is 1. The Morgan fingerprint density at radius 2 is 2.17 bits per heavy atom. The molecule has 3 nitrogen and oxygen atoms in total. The molecule has 5 heteroatoms. The number of carbonyl (C=O) groups is 1. The van der Waals surface area contributed by atoms with E-state index in [-0.39, 0.29) is 11.9 Å². The van der Waals surface area contributed by atoms with E-state index < -0.39 is 11.5 Å². The van der Waals surface area contributed by atoms with Gasteiger partial charge in [0.15, 0.2) is 0 Å². The van der Waals surface area contributed by atoms with Gasteiger partial charge < -0.3 is 10.4 Å². The van der Waals surface area contributed by atoms with E-state index in [1.54, 1.807) is 12.1 Å². The second kappa shape index (κ2) is 5.80. The zero-order valence-corrected chi connectivity index (χ0v) is 12.2. The average molecular weight is 318 g/mol. The molecule has 100 valence electrons. The van der Waals surface area contributed by atoms with Crippen LogP contribution in [0.5, 0.6) is 0 Å². The highest BCUT2D eigenvalue weighted by atomic mass is 79.9. The van der Waals surface area contributed by atoms with E-state index in [4.69, 9.17) is 0 Å². The molecule has 1 amide bonds. The van der Waals surface area contributed by atoms with Crippen LogP contribution in [0.15, 0.2) is 22.7 Å². The van der Waals surface area contributed by atoms with Crippen LogP contribution in [-0.4, -0.2) is 22.7 Å². The van der Waals surface area contributed by atoms with Crippen LogP contribution < -0.4 is 5.32 Å². The summed E-state index contributed by atoms with van der Waals surface area (Å²) in [4.78, 5) is 11.6. The summed E-state index contributed by atoms with van der Waals surface area (Å²) in [5.41, 5.74) is -0.482. The minimum Gasteiger partial charge on any atom is -0.381 e. The minimum atomic E-state index is -1.39. The second-order valence-electron chi connectivity index (χ2n) is 4.89. The van der Waals surface area contributed by atoms with E-state index >= 15 is 0 Å². The number of amides is 1. The first kappa shape index (κ1) is 15.1. The Hall–Kier alpha value is -0.940. The predicted molar refractivity (Wildman–Crippen MR) is 71.7 cm³/mol. The van der Waals surface area contributed by atoms with Crippen LogP contribution in [0.4, 0.5) is 4.39 Å². The van der Waals surface area contributed by atoms with Crippen molar-refractivity contribution in [1.82, 2.24) is 5.32 Å². The number of nitrogens with one attached hydrogen (secondary N) is 1. The summed E-state index contributed by atoms with van der Waals surface area (Å²) in [7, 11) is 0. The summed E-state index contributed by atoms with van der Waals surface area (Å²) < 4.78 is 13.5. The number of hydrogen-bond acceptors (Lipinski definition) is 2. The fourth-order valence-electron chi connectivity index (χ4n) is 1.47. The predicted octanol–water partition coefficient (Wildman–Crippen LogP) is 2.41. The van der Waals surface area contributed by atoms with Crippen LogP contribution in [0, 0.1) is 5.82 Å². The molecule has 1 aromatic rings. The van der Waals surface area contributed by atoms with Crippen molar-refractivity contribution in [3.8, 4) is 0 Å². The van der Waals surface area contributed by atoms with Gasteiger partial charge in [-0.05, 0) is 60.8 Å². The summed E-state index contributed by atoms with van der Waals surface area (Å²) in [5.74, 6) is -0.733. The largest absolute Gasteiger partial charge is 0.381 e. The Morgan fingerprint density at radius 1 is 1.56 bits per heavy atom. The summed E-state index contributed by atoms with van der Waals surface area (Å²) >= 11 is 3.12. The third-order valence-electron chi connectivity index (χ3n) is 2.46. The molecule has 0 aliphatic carbocycles. The minimum absolute atomic E-state index is 0.138. The number of hydrogen-bond donors (Lipinski definition) is 2. The van der Waals surface area contributed by atoms with Crippen molar-refractivity contribution < 1.29 is 14.3 Å². The molecule has 0 aliphatic heterocycles. The van der Waals surface area contributed by atoms with Gasteiger partial charge in [0.05, 0.1) is 4.47 Å². The van der Waals surface area contributed by atoms with Gasteiger partial charge in [-0.15, -0.1) is 0 Å². The van der Waals surface area contributed by atoms with E-state index in [0.29, 0.717) is 10.9 Å². The zero-order valence-electron chi connectivity index (χ0n) is 10.6. The molecule has 1 aromatic carbocycles. The molecule has 1 unspecified atom stereocenters. The molecular formula is C13H17BrFNO2. The monoisotopic (exact) mass is 317 g/mol. The molecule has 0 heterocycles. The van der Waals surface area contributed by atoms with Crippen LogP contribution in [0.25, 0.3) is 0 Å². The Balaban J connectivity index is 2.62. The topological polar surface area (TPSA) is 49.3 Å². The third-order valence-corrected chi connectivity index (χ3v) is 3.07. The van der Waals surface area contributed by atoms with Crippen molar-refractivity contribution >= 4 is 21.8 Å². The van der Waals surface area contributed by atoms with Gasteiger partial charge in [0.25, 0.3) is 5.91 Å². The first-order chi connectivity index (χ1) is 8.20. The molecule has 0 fully saturated rings. The number of rotatable bonds is 4. The lowest BCUT2D eigenvalue weighted by Gasteiger charge is -2.21. The van der Waals surface area contributed by atoms with Crippen molar-refractivity contribution in [1.29, 1.82) is 0 Å². The normalized spacial score (nSPS) is 13.2. The van der Waals surface area contributed by atoms with Gasteiger partial charge in [-0.3, -0.25) is 4.79 Å². The standard InChI is InChI=1S/C13H17BrFNO2/c1-8(16-12(17)13(2,3)18)6-9-4-5-11(15)10(14)7-9/h4-5,7-8,18H,6H2,1-3H3,(H,16,17). The van der Waals surface area contributed by atoms with Crippen molar-refractivity contribution in [2.75, 3.05) is 0 Å². The lowest BCUT2D eigenvalue weighted by atomic mass is 10.0. The molecule has 1 rings (SSSR count). The van der Waals surface area contributed by atoms with Crippen molar-refractivity contribution in [2.24, 2.45) is 0 Å². The van der Waals surface area contributed by atoms with Gasteiger partial charge in [-0.1, -0.05) is 6.07 Å². The molecule has 0 spiro atoms. The van der Waals surface area contributed by atoms with Gasteiger partial charge in [0, 0.05) is 6.04 Å². The molecule has 18 heavy (non-hydrogen) atoms. The third kappa shape index (κ3) is 4.38. The van der Waals surface area contributed by atoms with Crippen molar-refractivity contribution in [3.63, 3.8) is 0 Å². The number of halogens is 2. The highest BCUT2D eigenvalue weighted by Gasteiger charge is 2.24. The lowest BCUT2D eigenvalue weighted by Crippen LogP contribution is -2.46. The fraction of sp³-hybridized carbons (Fsp3) is 0.462. The van der Waals surface area contributed by atoms with Gasteiger partial charge >= 0.3 is 0 Å².